The summed E-state index contributed by atoms with van der Waals surface area (Å²) >= 11 is 0. The summed E-state index contributed by atoms with van der Waals surface area (Å²) in [5.41, 5.74) is 5.09. The van der Waals surface area contributed by atoms with Gasteiger partial charge in [-0.3, -0.25) is 0 Å². The highest BCUT2D eigenvalue weighted by atomic mass is 19.1. The van der Waals surface area contributed by atoms with Crippen LogP contribution in [-0.2, 0) is 5.54 Å². The number of nitrogens with two attached hydrogens (primary N) is 1. The fourth-order valence-corrected chi connectivity index (χ4v) is 3.89. The highest BCUT2D eigenvalue weighted by Crippen LogP contribution is 2.58. The number of nitrogens with zero attached hydrogens (tertiary/aromatic N) is 1. The van der Waals surface area contributed by atoms with E-state index in [1.807, 2.05) is 30.3 Å². The van der Waals surface area contributed by atoms with Gasteiger partial charge >= 0.3 is 0 Å². The third kappa shape index (κ3) is 1.27. The molecule has 2 aliphatic heterocycles. The Balaban J connectivity index is 1.96. The van der Waals surface area contributed by atoms with E-state index in [0.717, 1.165) is 24.2 Å². The Kier molecular flexibility index (Phi) is 2.29. The van der Waals surface area contributed by atoms with Crippen molar-refractivity contribution in [3.05, 3.63) is 42.0 Å². The van der Waals surface area contributed by atoms with Gasteiger partial charge in [0.2, 0.25) is 0 Å². The molecule has 1 fully saturated rings. The zero-order valence-corrected chi connectivity index (χ0v) is 11.2. The van der Waals surface area contributed by atoms with E-state index >= 15 is 0 Å². The highest BCUT2D eigenvalue weighted by Gasteiger charge is 2.65. The summed E-state index contributed by atoms with van der Waals surface area (Å²) in [6.45, 7) is 0. The zero-order chi connectivity index (χ0) is 13.8. The Bertz CT molecular complexity index is 627. The molecule has 3 atom stereocenters. The van der Waals surface area contributed by atoms with E-state index in [2.05, 4.69) is 4.99 Å². The van der Waals surface area contributed by atoms with Crippen molar-refractivity contribution in [1.82, 2.24) is 0 Å². The molecule has 2 heterocycles. The van der Waals surface area contributed by atoms with Gasteiger partial charge in [0, 0.05) is 5.56 Å². The second kappa shape index (κ2) is 3.84. The number of ether oxygens (including phenoxy) is 1. The molecule has 3 unspecified atom stereocenters. The molecular formula is C16H17FN2O. The Morgan fingerprint density at radius 3 is 2.90 bits per heavy atom. The first-order valence-corrected chi connectivity index (χ1v) is 7.15. The van der Waals surface area contributed by atoms with Crippen LogP contribution in [0.3, 0.4) is 0 Å². The molecule has 0 saturated heterocycles. The molecule has 4 heteroatoms. The van der Waals surface area contributed by atoms with Gasteiger partial charge in [-0.05, 0) is 37.5 Å². The molecule has 0 amide bonds. The maximum absolute atomic E-state index is 14.9. The van der Waals surface area contributed by atoms with Gasteiger partial charge in [-0.2, -0.15) is 0 Å². The number of para-hydroxylation sites is 1. The van der Waals surface area contributed by atoms with Crippen molar-refractivity contribution in [3.63, 3.8) is 0 Å². The van der Waals surface area contributed by atoms with Gasteiger partial charge in [0.1, 0.15) is 17.8 Å². The second-order valence-corrected chi connectivity index (χ2v) is 5.84. The molecule has 3 nitrogen and oxygen atoms in total. The van der Waals surface area contributed by atoms with E-state index < -0.39 is 17.3 Å². The molecule has 4 rings (SSSR count). The second-order valence-electron chi connectivity index (χ2n) is 5.84. The number of amidine groups is 1. The van der Waals surface area contributed by atoms with Crippen LogP contribution in [0.5, 0.6) is 5.75 Å². The number of halogens is 1. The molecule has 0 bridgehead atoms. The quantitative estimate of drug-likeness (QED) is 0.789. The van der Waals surface area contributed by atoms with Crippen LogP contribution >= 0.6 is 0 Å². The van der Waals surface area contributed by atoms with Crippen LogP contribution in [0.25, 0.3) is 0 Å². The lowest BCUT2D eigenvalue weighted by molar-refractivity contribution is -0.0617. The van der Waals surface area contributed by atoms with Gasteiger partial charge in [0.05, 0.1) is 0 Å². The van der Waals surface area contributed by atoms with Gasteiger partial charge < -0.3 is 10.5 Å². The fourth-order valence-electron chi connectivity index (χ4n) is 3.89. The number of aliphatic imine (C=N–C) groups is 1. The summed E-state index contributed by atoms with van der Waals surface area (Å²) in [6.07, 6.45) is 5.73. The Morgan fingerprint density at radius 2 is 2.15 bits per heavy atom. The zero-order valence-electron chi connectivity index (χ0n) is 11.2. The molecule has 2 N–H and O–H groups in total. The average Bonchev–Trinajstić information content (AvgIpc) is 2.96. The van der Waals surface area contributed by atoms with E-state index in [1.165, 1.54) is 0 Å². The lowest BCUT2D eigenvalue weighted by atomic mass is 9.68. The minimum Gasteiger partial charge on any atom is -0.481 e. The third-order valence-electron chi connectivity index (χ3n) is 4.80. The van der Waals surface area contributed by atoms with Crippen molar-refractivity contribution < 1.29 is 9.13 Å². The first-order chi connectivity index (χ1) is 9.68. The van der Waals surface area contributed by atoms with E-state index in [4.69, 9.17) is 10.5 Å². The van der Waals surface area contributed by atoms with Crippen LogP contribution in [0.2, 0.25) is 0 Å². The summed E-state index contributed by atoms with van der Waals surface area (Å²) in [5.74, 6) is 1.18. The number of fused-ring (bicyclic) bond motifs is 3. The molecule has 1 aromatic rings. The molecule has 0 aromatic heterocycles. The number of alkyl halides is 1. The van der Waals surface area contributed by atoms with Crippen LogP contribution in [0.4, 0.5) is 4.39 Å². The molecule has 3 aliphatic rings. The number of benzene rings is 1. The van der Waals surface area contributed by atoms with E-state index in [9.17, 15) is 4.39 Å². The standard InChI is InChI=1S/C16H17FN2O/c17-13-7-3-4-9-16(13)15(10-8-14(18)19-15)11-5-1-2-6-12(11)20-16/h1-2,5-6,8,10,13H,3-4,7,9H2,(H2,18,19). The molecule has 1 aliphatic carbocycles. The van der Waals surface area contributed by atoms with Crippen LogP contribution in [0, 0.1) is 0 Å². The molecule has 2 spiro atoms. The number of rotatable bonds is 0. The van der Waals surface area contributed by atoms with Crippen molar-refractivity contribution >= 4 is 5.84 Å². The van der Waals surface area contributed by atoms with E-state index in [0.29, 0.717) is 18.7 Å². The Labute approximate surface area is 117 Å². The maximum Gasteiger partial charge on any atom is 0.173 e. The maximum atomic E-state index is 14.9. The normalized spacial score (nSPS) is 38.0. The minimum absolute atomic E-state index is 0.447. The first kappa shape index (κ1) is 11.9. The molecular weight excluding hydrogens is 255 g/mol. The van der Waals surface area contributed by atoms with Crippen LogP contribution in [0.1, 0.15) is 31.2 Å². The molecule has 1 aromatic carbocycles. The van der Waals surface area contributed by atoms with Gasteiger partial charge in [0.25, 0.3) is 0 Å². The van der Waals surface area contributed by atoms with Gasteiger partial charge in [-0.15, -0.1) is 0 Å². The average molecular weight is 272 g/mol. The Morgan fingerprint density at radius 1 is 1.30 bits per heavy atom. The first-order valence-electron chi connectivity index (χ1n) is 7.15. The number of hydrogen-bond acceptors (Lipinski definition) is 3. The van der Waals surface area contributed by atoms with Gasteiger partial charge in [-0.25, -0.2) is 9.38 Å². The van der Waals surface area contributed by atoms with Gasteiger partial charge in [-0.1, -0.05) is 24.6 Å². The van der Waals surface area contributed by atoms with Crippen molar-refractivity contribution in [2.75, 3.05) is 0 Å². The van der Waals surface area contributed by atoms with Crippen LogP contribution < -0.4 is 10.5 Å². The smallest absolute Gasteiger partial charge is 0.173 e. The van der Waals surface area contributed by atoms with E-state index in [1.54, 1.807) is 6.08 Å². The van der Waals surface area contributed by atoms with Crippen molar-refractivity contribution in [2.24, 2.45) is 10.7 Å². The van der Waals surface area contributed by atoms with Crippen LogP contribution in [0.15, 0.2) is 41.4 Å². The predicted octanol–water partition coefficient (Wildman–Crippen LogP) is 2.85. The van der Waals surface area contributed by atoms with Crippen molar-refractivity contribution in [2.45, 2.75) is 43.0 Å². The highest BCUT2D eigenvalue weighted by molar-refractivity contribution is 5.95. The molecule has 20 heavy (non-hydrogen) atoms. The SMILES string of the molecule is NC1=NC2(C=C1)c1ccccc1OC21CCCCC1F. The Hall–Kier alpha value is -1.84. The topological polar surface area (TPSA) is 47.6 Å². The lowest BCUT2D eigenvalue weighted by Gasteiger charge is -2.44. The summed E-state index contributed by atoms with van der Waals surface area (Å²) in [7, 11) is 0. The molecule has 0 radical (unpaired) electrons. The molecule has 104 valence electrons. The van der Waals surface area contributed by atoms with Gasteiger partial charge in [0.15, 0.2) is 11.1 Å². The third-order valence-corrected chi connectivity index (χ3v) is 4.80. The van der Waals surface area contributed by atoms with Crippen LogP contribution in [-0.4, -0.2) is 17.6 Å². The monoisotopic (exact) mass is 272 g/mol. The lowest BCUT2D eigenvalue weighted by Crippen LogP contribution is -2.57. The van der Waals surface area contributed by atoms with E-state index in [-0.39, 0.29) is 0 Å². The summed E-state index contributed by atoms with van der Waals surface area (Å²) in [6, 6.07) is 7.72. The largest absolute Gasteiger partial charge is 0.481 e. The number of hydrogen-bond donors (Lipinski definition) is 1. The predicted molar refractivity (Wildman–Crippen MR) is 75.6 cm³/mol. The fraction of sp³-hybridized carbons (Fsp3) is 0.438. The molecule has 1 saturated carbocycles. The van der Waals surface area contributed by atoms with Crippen molar-refractivity contribution in [1.29, 1.82) is 0 Å². The minimum atomic E-state index is -1.03. The summed E-state index contributed by atoms with van der Waals surface area (Å²) in [4.78, 5) is 4.61. The summed E-state index contributed by atoms with van der Waals surface area (Å²) < 4.78 is 21.0. The van der Waals surface area contributed by atoms with Crippen molar-refractivity contribution in [3.8, 4) is 5.75 Å². The summed E-state index contributed by atoms with van der Waals surface area (Å²) in [5, 5.41) is 0.